The Morgan fingerprint density at radius 2 is 1.67 bits per heavy atom. The summed E-state index contributed by atoms with van der Waals surface area (Å²) in [7, 11) is 1.50. The topological polar surface area (TPSA) is 102 Å². The highest BCUT2D eigenvalue weighted by Gasteiger charge is 2.35. The number of alkyl halides is 6. The predicted octanol–water partition coefficient (Wildman–Crippen LogP) is 5.63. The van der Waals surface area contributed by atoms with Crippen LogP contribution in [0.15, 0.2) is 54.7 Å². The molecule has 0 fully saturated rings. The second-order valence-electron chi connectivity index (χ2n) is 8.16. The van der Waals surface area contributed by atoms with Crippen molar-refractivity contribution < 1.29 is 35.9 Å². The number of methoxy groups -OCH3 is 1. The SMILES string of the molecule is COCCCNC(=O)c1nc(Nc2ccc(C(F)(F)F)cc2)c2ccc(-c3ncccc3C(F)(F)F)nc2n1. The molecule has 0 saturated carbocycles. The molecule has 1 aromatic carbocycles. The molecule has 0 aliphatic heterocycles. The van der Waals surface area contributed by atoms with Gasteiger partial charge >= 0.3 is 12.4 Å². The van der Waals surface area contributed by atoms with Gasteiger partial charge in [0.2, 0.25) is 5.82 Å². The maximum Gasteiger partial charge on any atom is 0.418 e. The van der Waals surface area contributed by atoms with Crippen LogP contribution >= 0.6 is 0 Å². The number of ether oxygens (including phenoxy) is 1. The fraction of sp³-hybridized carbons (Fsp3) is 0.240. The number of carbonyl (C=O) groups excluding carboxylic acids is 1. The van der Waals surface area contributed by atoms with E-state index >= 15 is 0 Å². The number of fused-ring (bicyclic) bond motifs is 1. The molecule has 0 radical (unpaired) electrons. The smallest absolute Gasteiger partial charge is 0.385 e. The van der Waals surface area contributed by atoms with Crippen LogP contribution in [0.3, 0.4) is 0 Å². The molecule has 0 saturated heterocycles. The summed E-state index contributed by atoms with van der Waals surface area (Å²) >= 11 is 0. The summed E-state index contributed by atoms with van der Waals surface area (Å²) in [5.41, 5.74) is -2.38. The van der Waals surface area contributed by atoms with Gasteiger partial charge in [-0.3, -0.25) is 9.78 Å². The second kappa shape index (κ2) is 11.2. The Morgan fingerprint density at radius 3 is 2.33 bits per heavy atom. The summed E-state index contributed by atoms with van der Waals surface area (Å²) in [5.74, 6) is -1.03. The third kappa shape index (κ3) is 6.57. The van der Waals surface area contributed by atoms with Crippen LogP contribution in [-0.4, -0.2) is 46.1 Å². The second-order valence-corrected chi connectivity index (χ2v) is 8.16. The van der Waals surface area contributed by atoms with Crippen LogP contribution in [0, 0.1) is 0 Å². The molecule has 4 rings (SSSR count). The first-order valence-electron chi connectivity index (χ1n) is 11.4. The molecule has 0 aliphatic carbocycles. The van der Waals surface area contributed by atoms with E-state index in [-0.39, 0.29) is 40.6 Å². The van der Waals surface area contributed by atoms with Crippen LogP contribution in [0.25, 0.3) is 22.4 Å². The van der Waals surface area contributed by atoms with Crippen molar-refractivity contribution in [3.8, 4) is 11.4 Å². The number of benzene rings is 1. The van der Waals surface area contributed by atoms with Gasteiger partial charge in [-0.15, -0.1) is 0 Å². The highest BCUT2D eigenvalue weighted by Crippen LogP contribution is 2.36. The van der Waals surface area contributed by atoms with Crippen molar-refractivity contribution in [2.45, 2.75) is 18.8 Å². The summed E-state index contributed by atoms with van der Waals surface area (Å²) in [5, 5.41) is 5.65. The Hall–Kier alpha value is -4.33. The van der Waals surface area contributed by atoms with E-state index in [2.05, 4.69) is 30.6 Å². The van der Waals surface area contributed by atoms with E-state index in [9.17, 15) is 31.1 Å². The molecular formula is C25H20F6N6O2. The van der Waals surface area contributed by atoms with Crippen LogP contribution in [0.4, 0.5) is 37.8 Å². The Labute approximate surface area is 217 Å². The lowest BCUT2D eigenvalue weighted by Crippen LogP contribution is -2.27. The van der Waals surface area contributed by atoms with Crippen LogP contribution in [-0.2, 0) is 17.1 Å². The molecule has 39 heavy (non-hydrogen) atoms. The minimum absolute atomic E-state index is 0.0120. The molecule has 1 amide bonds. The molecule has 0 atom stereocenters. The van der Waals surface area contributed by atoms with Crippen LogP contribution in [0.1, 0.15) is 28.2 Å². The summed E-state index contributed by atoms with van der Waals surface area (Å²) in [6.45, 7) is 0.613. The quantitative estimate of drug-likeness (QED) is 0.216. The molecule has 0 bridgehead atoms. The summed E-state index contributed by atoms with van der Waals surface area (Å²) in [4.78, 5) is 29.1. The minimum Gasteiger partial charge on any atom is -0.385 e. The number of nitrogens with zero attached hydrogens (tertiary/aromatic N) is 4. The third-order valence-corrected chi connectivity index (χ3v) is 5.40. The fourth-order valence-corrected chi connectivity index (χ4v) is 3.55. The van der Waals surface area contributed by atoms with Crippen molar-refractivity contribution >= 4 is 28.4 Å². The average Bonchev–Trinajstić information content (AvgIpc) is 2.90. The predicted molar refractivity (Wildman–Crippen MR) is 129 cm³/mol. The molecule has 0 spiro atoms. The monoisotopic (exact) mass is 550 g/mol. The van der Waals surface area contributed by atoms with Gasteiger partial charge in [-0.1, -0.05) is 0 Å². The maximum absolute atomic E-state index is 13.6. The van der Waals surface area contributed by atoms with Gasteiger partial charge in [0.1, 0.15) is 11.5 Å². The lowest BCUT2D eigenvalue weighted by Gasteiger charge is -2.14. The van der Waals surface area contributed by atoms with Gasteiger partial charge in [0.15, 0.2) is 5.65 Å². The van der Waals surface area contributed by atoms with Gasteiger partial charge in [-0.05, 0) is 55.0 Å². The van der Waals surface area contributed by atoms with Crippen molar-refractivity contribution in [2.24, 2.45) is 0 Å². The van der Waals surface area contributed by atoms with E-state index in [4.69, 9.17) is 4.74 Å². The summed E-state index contributed by atoms with van der Waals surface area (Å²) < 4.78 is 84.5. The van der Waals surface area contributed by atoms with E-state index < -0.39 is 35.1 Å². The first kappa shape index (κ1) is 27.7. The van der Waals surface area contributed by atoms with Crippen molar-refractivity contribution in [1.82, 2.24) is 25.3 Å². The zero-order valence-electron chi connectivity index (χ0n) is 20.2. The van der Waals surface area contributed by atoms with Gasteiger partial charge in [0.05, 0.1) is 22.2 Å². The third-order valence-electron chi connectivity index (χ3n) is 5.40. The number of rotatable bonds is 8. The number of halogens is 6. The molecule has 0 aliphatic rings. The normalized spacial score (nSPS) is 12.0. The molecule has 3 aromatic heterocycles. The van der Waals surface area contributed by atoms with E-state index in [1.807, 2.05) is 0 Å². The molecule has 2 N–H and O–H groups in total. The van der Waals surface area contributed by atoms with E-state index in [1.165, 1.54) is 37.6 Å². The Bertz CT molecular complexity index is 1480. The first-order chi connectivity index (χ1) is 18.5. The Balaban J connectivity index is 1.78. The lowest BCUT2D eigenvalue weighted by atomic mass is 10.1. The molecule has 204 valence electrons. The zero-order chi connectivity index (χ0) is 28.2. The highest BCUT2D eigenvalue weighted by atomic mass is 19.4. The zero-order valence-corrected chi connectivity index (χ0v) is 20.2. The number of amides is 1. The van der Waals surface area contributed by atoms with Crippen molar-refractivity contribution in [3.05, 3.63) is 71.7 Å². The average molecular weight is 550 g/mol. The number of anilines is 2. The summed E-state index contributed by atoms with van der Waals surface area (Å²) in [6, 6.07) is 8.76. The number of hydrogen-bond donors (Lipinski definition) is 2. The fourth-order valence-electron chi connectivity index (χ4n) is 3.55. The first-order valence-corrected chi connectivity index (χ1v) is 11.4. The van der Waals surface area contributed by atoms with E-state index in [0.29, 0.717) is 13.0 Å². The molecular weight excluding hydrogens is 530 g/mol. The van der Waals surface area contributed by atoms with Gasteiger partial charge < -0.3 is 15.4 Å². The lowest BCUT2D eigenvalue weighted by molar-refractivity contribution is -0.138. The highest BCUT2D eigenvalue weighted by molar-refractivity contribution is 5.96. The van der Waals surface area contributed by atoms with E-state index in [0.717, 1.165) is 24.3 Å². The summed E-state index contributed by atoms with van der Waals surface area (Å²) in [6.07, 6.45) is -7.55. The van der Waals surface area contributed by atoms with Gasteiger partial charge in [-0.2, -0.15) is 26.3 Å². The van der Waals surface area contributed by atoms with E-state index in [1.54, 1.807) is 0 Å². The standard InChI is InChI=1S/C25H20F6N6O2/c1-39-13-3-12-33-23(38)22-36-20(34-15-7-5-14(6-8-15)24(26,27)28)16-9-10-18(35-21(16)37-22)19-17(25(29,30)31)4-2-11-32-19/h2,4-11H,3,12-13H2,1H3,(H,33,38)(H,34,35,36,37). The van der Waals surface area contributed by atoms with Gasteiger partial charge in [0, 0.05) is 32.1 Å². The minimum atomic E-state index is -4.70. The van der Waals surface area contributed by atoms with Crippen LogP contribution < -0.4 is 10.6 Å². The van der Waals surface area contributed by atoms with Crippen molar-refractivity contribution in [3.63, 3.8) is 0 Å². The molecule has 3 heterocycles. The molecule has 0 unspecified atom stereocenters. The Kier molecular flexibility index (Phi) is 7.95. The van der Waals surface area contributed by atoms with Crippen molar-refractivity contribution in [2.75, 3.05) is 25.6 Å². The van der Waals surface area contributed by atoms with Crippen LogP contribution in [0.5, 0.6) is 0 Å². The number of aromatic nitrogens is 4. The molecule has 4 aromatic rings. The number of hydrogen-bond acceptors (Lipinski definition) is 7. The molecule has 8 nitrogen and oxygen atoms in total. The van der Waals surface area contributed by atoms with Gasteiger partial charge in [0.25, 0.3) is 5.91 Å². The Morgan fingerprint density at radius 1 is 0.923 bits per heavy atom. The maximum atomic E-state index is 13.6. The van der Waals surface area contributed by atoms with Gasteiger partial charge in [-0.25, -0.2) is 15.0 Å². The van der Waals surface area contributed by atoms with Crippen molar-refractivity contribution in [1.29, 1.82) is 0 Å². The largest absolute Gasteiger partial charge is 0.418 e. The number of nitrogens with one attached hydrogen (secondary N) is 2. The number of carbonyl (C=O) groups is 1. The number of pyridine rings is 2. The molecule has 14 heteroatoms. The van der Waals surface area contributed by atoms with Crippen LogP contribution in [0.2, 0.25) is 0 Å².